The maximum Gasteiger partial charge on any atom is 0.230 e. The van der Waals surface area contributed by atoms with Crippen LogP contribution in [0.4, 0.5) is 5.95 Å². The SMILES string of the molecule is Cc1ccc2nc(NC(=O)C[C@](C)(O)c3nccs3)n(C(C)(C)C)c2n1. The van der Waals surface area contributed by atoms with Crippen LogP contribution in [0.25, 0.3) is 11.2 Å². The Morgan fingerprint density at radius 1 is 1.27 bits per heavy atom. The third-order valence-electron chi connectivity index (χ3n) is 3.96. The number of pyridine rings is 1. The number of nitrogens with zero attached hydrogens (tertiary/aromatic N) is 4. The molecule has 0 fully saturated rings. The summed E-state index contributed by atoms with van der Waals surface area (Å²) in [6, 6.07) is 3.78. The average molecular weight is 373 g/mol. The molecule has 0 aromatic carbocycles. The van der Waals surface area contributed by atoms with E-state index in [1.807, 2.05) is 44.4 Å². The van der Waals surface area contributed by atoms with E-state index >= 15 is 0 Å². The maximum atomic E-state index is 12.6. The molecule has 2 N–H and O–H groups in total. The molecule has 0 aliphatic carbocycles. The second-order valence-corrected chi connectivity index (χ2v) is 8.47. The van der Waals surface area contributed by atoms with Crippen molar-refractivity contribution in [2.24, 2.45) is 0 Å². The molecule has 7 nitrogen and oxygen atoms in total. The number of amides is 1. The molecular weight excluding hydrogens is 350 g/mol. The van der Waals surface area contributed by atoms with Crippen molar-refractivity contribution in [1.82, 2.24) is 19.5 Å². The number of aliphatic hydroxyl groups is 1. The monoisotopic (exact) mass is 373 g/mol. The highest BCUT2D eigenvalue weighted by molar-refractivity contribution is 7.09. The van der Waals surface area contributed by atoms with E-state index in [1.165, 1.54) is 11.3 Å². The summed E-state index contributed by atoms with van der Waals surface area (Å²) < 4.78 is 1.91. The predicted molar refractivity (Wildman–Crippen MR) is 102 cm³/mol. The summed E-state index contributed by atoms with van der Waals surface area (Å²) in [4.78, 5) is 25.8. The molecule has 0 saturated heterocycles. The van der Waals surface area contributed by atoms with Crippen LogP contribution >= 0.6 is 11.3 Å². The van der Waals surface area contributed by atoms with Crippen molar-refractivity contribution in [3.63, 3.8) is 0 Å². The topological polar surface area (TPSA) is 92.9 Å². The Morgan fingerprint density at radius 3 is 2.62 bits per heavy atom. The molecule has 0 bridgehead atoms. The van der Waals surface area contributed by atoms with Gasteiger partial charge < -0.3 is 5.11 Å². The summed E-state index contributed by atoms with van der Waals surface area (Å²) in [6.07, 6.45) is 1.50. The molecule has 1 amide bonds. The second kappa shape index (κ2) is 6.44. The minimum atomic E-state index is -1.33. The van der Waals surface area contributed by atoms with Crippen LogP contribution in [0.3, 0.4) is 0 Å². The number of imidazole rings is 1. The van der Waals surface area contributed by atoms with E-state index in [9.17, 15) is 9.90 Å². The molecule has 0 aliphatic heterocycles. The average Bonchev–Trinajstić information content (AvgIpc) is 3.12. The quantitative estimate of drug-likeness (QED) is 0.733. The Bertz CT molecular complexity index is 939. The van der Waals surface area contributed by atoms with E-state index in [-0.39, 0.29) is 17.9 Å². The van der Waals surface area contributed by atoms with Crippen LogP contribution in [0.2, 0.25) is 0 Å². The van der Waals surface area contributed by atoms with E-state index in [4.69, 9.17) is 0 Å². The molecule has 0 saturated carbocycles. The van der Waals surface area contributed by atoms with Gasteiger partial charge in [-0.3, -0.25) is 14.7 Å². The number of hydrogen-bond donors (Lipinski definition) is 2. The Labute approximate surface area is 156 Å². The molecule has 0 aliphatic rings. The maximum absolute atomic E-state index is 12.6. The van der Waals surface area contributed by atoms with E-state index in [0.717, 1.165) is 11.3 Å². The summed E-state index contributed by atoms with van der Waals surface area (Å²) in [5, 5.41) is 15.7. The number of hydrogen-bond acceptors (Lipinski definition) is 6. The number of aryl methyl sites for hydroxylation is 1. The normalized spacial score (nSPS) is 14.4. The summed E-state index contributed by atoms with van der Waals surface area (Å²) in [7, 11) is 0. The third kappa shape index (κ3) is 3.61. The fourth-order valence-corrected chi connectivity index (χ4v) is 3.52. The van der Waals surface area contributed by atoms with Gasteiger partial charge >= 0.3 is 0 Å². The molecule has 1 atom stereocenters. The lowest BCUT2D eigenvalue weighted by Gasteiger charge is -2.25. The van der Waals surface area contributed by atoms with Gasteiger partial charge in [0.15, 0.2) is 5.65 Å². The van der Waals surface area contributed by atoms with Crippen LogP contribution in [0.15, 0.2) is 23.7 Å². The second-order valence-electron chi connectivity index (χ2n) is 7.57. The van der Waals surface area contributed by atoms with Crippen molar-refractivity contribution in [3.05, 3.63) is 34.4 Å². The molecule has 26 heavy (non-hydrogen) atoms. The Balaban J connectivity index is 1.92. The Kier molecular flexibility index (Phi) is 4.58. The van der Waals surface area contributed by atoms with Crippen LogP contribution in [-0.2, 0) is 15.9 Å². The van der Waals surface area contributed by atoms with Gasteiger partial charge in [0.25, 0.3) is 0 Å². The van der Waals surface area contributed by atoms with Gasteiger partial charge in [-0.05, 0) is 46.8 Å². The van der Waals surface area contributed by atoms with Gasteiger partial charge in [-0.2, -0.15) is 0 Å². The predicted octanol–water partition coefficient (Wildman–Crippen LogP) is 3.19. The molecule has 3 aromatic rings. The zero-order chi connectivity index (χ0) is 19.1. The molecule has 138 valence electrons. The van der Waals surface area contributed by atoms with Gasteiger partial charge in [0.05, 0.1) is 6.42 Å². The highest BCUT2D eigenvalue weighted by Crippen LogP contribution is 2.29. The number of carbonyl (C=O) groups is 1. The molecule has 0 radical (unpaired) electrons. The molecule has 3 aromatic heterocycles. The first-order valence-corrected chi connectivity index (χ1v) is 9.25. The first kappa shape index (κ1) is 18.5. The number of rotatable bonds is 4. The van der Waals surface area contributed by atoms with Crippen molar-refractivity contribution < 1.29 is 9.90 Å². The number of anilines is 1. The van der Waals surface area contributed by atoms with Crippen molar-refractivity contribution in [3.8, 4) is 0 Å². The van der Waals surface area contributed by atoms with Gasteiger partial charge in [0.1, 0.15) is 16.1 Å². The number of fused-ring (bicyclic) bond motifs is 1. The lowest BCUT2D eigenvalue weighted by atomic mass is 10.0. The minimum absolute atomic E-state index is 0.111. The van der Waals surface area contributed by atoms with Gasteiger partial charge in [-0.1, -0.05) is 0 Å². The fourth-order valence-electron chi connectivity index (χ4n) is 2.82. The number of nitrogens with one attached hydrogen (secondary N) is 1. The van der Waals surface area contributed by atoms with Crippen molar-refractivity contribution >= 4 is 34.4 Å². The molecule has 8 heteroatoms. The summed E-state index contributed by atoms with van der Waals surface area (Å²) >= 11 is 1.32. The van der Waals surface area contributed by atoms with Crippen LogP contribution in [0.1, 0.15) is 44.8 Å². The lowest BCUT2D eigenvalue weighted by Crippen LogP contribution is -2.31. The zero-order valence-electron chi connectivity index (χ0n) is 15.6. The van der Waals surface area contributed by atoms with E-state index in [1.54, 1.807) is 18.5 Å². The van der Waals surface area contributed by atoms with Gasteiger partial charge in [0, 0.05) is 22.8 Å². The van der Waals surface area contributed by atoms with Crippen LogP contribution < -0.4 is 5.32 Å². The Morgan fingerprint density at radius 2 is 2.00 bits per heavy atom. The standard InChI is InChI=1S/C18H23N5O2S/c1-11-6-7-12-14(20-11)23(17(2,3)4)16(21-12)22-13(24)10-18(5,25)15-19-8-9-26-15/h6-9,25H,10H2,1-5H3,(H,21,22,24)/t18-/m0/s1. The zero-order valence-corrected chi connectivity index (χ0v) is 16.4. The highest BCUT2D eigenvalue weighted by Gasteiger charge is 2.31. The first-order chi connectivity index (χ1) is 12.1. The van der Waals surface area contributed by atoms with Crippen LogP contribution in [0.5, 0.6) is 0 Å². The third-order valence-corrected chi connectivity index (χ3v) is 4.99. The number of carbonyl (C=O) groups excluding carboxylic acids is 1. The molecule has 0 spiro atoms. The lowest BCUT2D eigenvalue weighted by molar-refractivity contribution is -0.120. The number of aromatic nitrogens is 4. The van der Waals surface area contributed by atoms with Gasteiger partial charge in [0.2, 0.25) is 11.9 Å². The number of thiazole rings is 1. The van der Waals surface area contributed by atoms with E-state index in [0.29, 0.717) is 16.5 Å². The smallest absolute Gasteiger partial charge is 0.230 e. The first-order valence-electron chi connectivity index (χ1n) is 8.37. The summed E-state index contributed by atoms with van der Waals surface area (Å²) in [5.74, 6) is 0.0910. The molecular formula is C18H23N5O2S. The van der Waals surface area contributed by atoms with E-state index < -0.39 is 5.60 Å². The van der Waals surface area contributed by atoms with Crippen LogP contribution in [-0.4, -0.2) is 30.5 Å². The van der Waals surface area contributed by atoms with E-state index in [2.05, 4.69) is 20.3 Å². The van der Waals surface area contributed by atoms with Gasteiger partial charge in [-0.15, -0.1) is 11.3 Å². The van der Waals surface area contributed by atoms with Crippen molar-refractivity contribution in [2.75, 3.05) is 5.32 Å². The van der Waals surface area contributed by atoms with Crippen molar-refractivity contribution in [2.45, 2.75) is 52.2 Å². The largest absolute Gasteiger partial charge is 0.382 e. The minimum Gasteiger partial charge on any atom is -0.382 e. The fraction of sp³-hybridized carbons (Fsp3) is 0.444. The molecule has 3 rings (SSSR count). The van der Waals surface area contributed by atoms with Crippen LogP contribution in [0, 0.1) is 6.92 Å². The summed E-state index contributed by atoms with van der Waals surface area (Å²) in [6.45, 7) is 9.59. The van der Waals surface area contributed by atoms with Gasteiger partial charge in [-0.25, -0.2) is 15.0 Å². The highest BCUT2D eigenvalue weighted by atomic mass is 32.1. The van der Waals surface area contributed by atoms with Crippen molar-refractivity contribution in [1.29, 1.82) is 0 Å². The summed E-state index contributed by atoms with van der Waals surface area (Å²) in [5.41, 5.74) is 0.668. The molecule has 0 unspecified atom stereocenters. The molecule has 3 heterocycles. The Hall–Kier alpha value is -2.32.